The third-order valence-electron chi connectivity index (χ3n) is 1.73. The Bertz CT molecular complexity index is 170. The summed E-state index contributed by atoms with van der Waals surface area (Å²) in [4.78, 5) is 20.9. The number of hydrogen-bond donors (Lipinski definition) is 1. The van der Waals surface area contributed by atoms with Crippen molar-refractivity contribution in [2.45, 2.75) is 52.1 Å². The smallest absolute Gasteiger partial charge is 0.0924 e. The minimum absolute atomic E-state index is 0.0616. The molecule has 110 valence electrons. The first-order valence-corrected chi connectivity index (χ1v) is 5.37. The largest absolute Gasteiger partial charge is 0.652 e. The number of carbonyl (C=O) groups is 2. The van der Waals surface area contributed by atoms with Crippen LogP contribution in [0.5, 0.6) is 0 Å². The fraction of sp³-hybridized carbons (Fsp3) is 0.800. The van der Waals surface area contributed by atoms with E-state index in [-0.39, 0.29) is 6.10 Å². The molecule has 0 aliphatic carbocycles. The van der Waals surface area contributed by atoms with Gasteiger partial charge in [0.05, 0.1) is 6.10 Å². The molecule has 0 aromatic carbocycles. The van der Waals surface area contributed by atoms with Gasteiger partial charge in [0.2, 0.25) is 0 Å². The molecule has 1 unspecified atom stereocenters. The van der Waals surface area contributed by atoms with Crippen LogP contribution in [0, 0.1) is 0 Å². The fourth-order valence-corrected chi connectivity index (χ4v) is 0.953. The molecule has 18 heavy (non-hydrogen) atoms. The van der Waals surface area contributed by atoms with Gasteiger partial charge in [-0.3, -0.25) is 5.26 Å². The van der Waals surface area contributed by atoms with Gasteiger partial charge in [-0.05, 0) is 25.2 Å². The molecule has 0 aromatic rings. The highest BCUT2D eigenvalue weighted by molar-refractivity contribution is 5.47. The quantitative estimate of drug-likeness (QED) is 0.326. The van der Waals surface area contributed by atoms with Crippen molar-refractivity contribution in [2.75, 3.05) is 0 Å². The average Bonchev–Trinajstić information content (AvgIpc) is 2.23. The molecule has 1 N–H and O–H groups in total. The zero-order valence-electron chi connectivity index (χ0n) is 10.4. The zero-order valence-corrected chi connectivity index (χ0v) is 10.4. The van der Waals surface area contributed by atoms with E-state index in [0.29, 0.717) is 0 Å². The van der Waals surface area contributed by atoms with E-state index < -0.39 is 12.3 Å². The minimum Gasteiger partial charge on any atom is -0.652 e. The molecule has 0 amide bonds. The summed E-state index contributed by atoms with van der Waals surface area (Å²) >= 11 is 0. The molecule has 0 fully saturated rings. The van der Waals surface area contributed by atoms with Gasteiger partial charge in [-0.25, -0.2) is 4.89 Å². The molecule has 0 saturated heterocycles. The molecule has 0 rings (SSSR count). The highest BCUT2D eigenvalue weighted by atomic mass is 17.1. The normalized spacial score (nSPS) is 10.2. The first-order chi connectivity index (χ1) is 8.31. The molecule has 0 aliphatic heterocycles. The van der Waals surface area contributed by atoms with Crippen LogP contribution in [0.15, 0.2) is 0 Å². The second kappa shape index (κ2) is 17.8. The van der Waals surface area contributed by atoms with Gasteiger partial charge in [-0.15, -0.1) is 0 Å². The molecule has 0 radical (unpaired) electrons. The van der Waals surface area contributed by atoms with Crippen molar-refractivity contribution in [2.24, 2.45) is 0 Å². The molecule has 0 aliphatic rings. The topological polar surface area (TPSA) is 156 Å². The average molecular weight is 266 g/mol. The monoisotopic (exact) mass is 266 g/mol. The van der Waals surface area contributed by atoms with Crippen LogP contribution in [0.1, 0.15) is 46.0 Å². The standard InChI is InChI=1S/C8H18O2.2CH2O3/c1-3-5-6-7-8(4-2)10-9;2*2-1(3)4/h8-9H,3-7H2,1-2H3;2*(H2,2,3,4)/p-4. The van der Waals surface area contributed by atoms with E-state index in [0.717, 1.165) is 19.3 Å². The molecule has 1 atom stereocenters. The van der Waals surface area contributed by atoms with Crippen LogP contribution in [0.2, 0.25) is 0 Å². The van der Waals surface area contributed by atoms with Crippen molar-refractivity contribution in [1.29, 1.82) is 0 Å². The Morgan fingerprint density at radius 3 is 1.67 bits per heavy atom. The summed E-state index contributed by atoms with van der Waals surface area (Å²) in [5.74, 6) is 0. The fourth-order valence-electron chi connectivity index (χ4n) is 0.953. The lowest BCUT2D eigenvalue weighted by molar-refractivity contribution is -0.417. The highest BCUT2D eigenvalue weighted by Crippen LogP contribution is 2.08. The van der Waals surface area contributed by atoms with E-state index >= 15 is 0 Å². The van der Waals surface area contributed by atoms with Gasteiger partial charge in [0.25, 0.3) is 0 Å². The maximum atomic E-state index is 8.33. The van der Waals surface area contributed by atoms with Crippen LogP contribution in [-0.4, -0.2) is 23.7 Å². The van der Waals surface area contributed by atoms with Crippen LogP contribution in [-0.2, 0) is 4.89 Å². The third kappa shape index (κ3) is 47.1. The summed E-state index contributed by atoms with van der Waals surface area (Å²) < 4.78 is 0. The van der Waals surface area contributed by atoms with E-state index in [1.807, 2.05) is 6.92 Å². The summed E-state index contributed by atoms with van der Waals surface area (Å²) in [6.45, 7) is 4.19. The maximum absolute atomic E-state index is 8.33. The van der Waals surface area contributed by atoms with Crippen LogP contribution < -0.4 is 20.4 Å². The number of carbonyl (C=O) groups excluding carboxylic acids is 2. The Labute approximate surface area is 105 Å². The molecule has 0 spiro atoms. The van der Waals surface area contributed by atoms with Gasteiger partial charge < -0.3 is 30.0 Å². The van der Waals surface area contributed by atoms with E-state index in [2.05, 4.69) is 11.8 Å². The first-order valence-electron chi connectivity index (χ1n) is 5.37. The van der Waals surface area contributed by atoms with Crippen molar-refractivity contribution >= 4 is 12.3 Å². The van der Waals surface area contributed by atoms with Crippen LogP contribution in [0.25, 0.3) is 0 Å². The second-order valence-corrected chi connectivity index (χ2v) is 3.13. The van der Waals surface area contributed by atoms with Gasteiger partial charge >= 0.3 is 0 Å². The molecule has 0 bridgehead atoms. The molecule has 8 nitrogen and oxygen atoms in total. The summed E-state index contributed by atoms with van der Waals surface area (Å²) in [7, 11) is 0. The lowest BCUT2D eigenvalue weighted by atomic mass is 10.1. The van der Waals surface area contributed by atoms with Crippen LogP contribution >= 0.6 is 0 Å². The molecule has 0 aromatic heterocycles. The Hall–Kier alpha value is -1.54. The number of hydrogen-bond acceptors (Lipinski definition) is 8. The summed E-state index contributed by atoms with van der Waals surface area (Å²) in [6.07, 6.45) is 0.907. The lowest BCUT2D eigenvalue weighted by Crippen LogP contribution is -2.37. The molecule has 8 heteroatoms. The SMILES string of the molecule is CCCCCC(CC)OO.O=C([O-])[O-].O=C([O-])[O-]. The predicted molar refractivity (Wildman–Crippen MR) is 52.7 cm³/mol. The summed E-state index contributed by atoms with van der Waals surface area (Å²) in [5, 5.41) is 41.7. The number of unbranched alkanes of at least 4 members (excludes halogenated alkanes) is 2. The van der Waals surface area contributed by atoms with Gasteiger partial charge in [0, 0.05) is 0 Å². The Kier molecular flexibility index (Phi) is 21.5. The van der Waals surface area contributed by atoms with Crippen molar-refractivity contribution in [1.82, 2.24) is 0 Å². The van der Waals surface area contributed by atoms with Crippen molar-refractivity contribution in [3.63, 3.8) is 0 Å². The minimum atomic E-state index is -2.33. The Morgan fingerprint density at radius 1 is 1.06 bits per heavy atom. The molecule has 0 heterocycles. The van der Waals surface area contributed by atoms with E-state index in [4.69, 9.17) is 35.3 Å². The Balaban J connectivity index is -0.000000233. The highest BCUT2D eigenvalue weighted by Gasteiger charge is 2.03. The summed E-state index contributed by atoms with van der Waals surface area (Å²) in [5.41, 5.74) is 0. The van der Waals surface area contributed by atoms with Gasteiger partial charge in [0.15, 0.2) is 0 Å². The number of carboxylic acid groups (broad SMARTS) is 4. The van der Waals surface area contributed by atoms with Gasteiger partial charge in [0.1, 0.15) is 0 Å². The molecular formula is C10H18O8-4. The van der Waals surface area contributed by atoms with Crippen molar-refractivity contribution < 1.29 is 40.2 Å². The van der Waals surface area contributed by atoms with E-state index in [1.165, 1.54) is 12.8 Å². The van der Waals surface area contributed by atoms with Crippen LogP contribution in [0.4, 0.5) is 9.59 Å². The maximum Gasteiger partial charge on any atom is 0.0924 e. The van der Waals surface area contributed by atoms with Crippen molar-refractivity contribution in [3.8, 4) is 0 Å². The molecular weight excluding hydrogens is 248 g/mol. The van der Waals surface area contributed by atoms with Gasteiger partial charge in [-0.1, -0.05) is 33.1 Å². The van der Waals surface area contributed by atoms with Gasteiger partial charge in [-0.2, -0.15) is 0 Å². The first kappa shape index (κ1) is 21.7. The Morgan fingerprint density at radius 2 is 1.44 bits per heavy atom. The van der Waals surface area contributed by atoms with Crippen LogP contribution in [0.3, 0.4) is 0 Å². The number of rotatable bonds is 6. The predicted octanol–water partition coefficient (Wildman–Crippen LogP) is -2.06. The lowest BCUT2D eigenvalue weighted by Gasteiger charge is -2.08. The third-order valence-corrected chi connectivity index (χ3v) is 1.73. The summed E-state index contributed by atoms with van der Waals surface area (Å²) in [6, 6.07) is 0. The van der Waals surface area contributed by atoms with Crippen molar-refractivity contribution in [3.05, 3.63) is 0 Å². The molecule has 0 saturated carbocycles. The zero-order chi connectivity index (χ0) is 15.0. The second-order valence-electron chi connectivity index (χ2n) is 3.13. The van der Waals surface area contributed by atoms with E-state index in [1.54, 1.807) is 0 Å². The van der Waals surface area contributed by atoms with E-state index in [9.17, 15) is 0 Å².